The Morgan fingerprint density at radius 1 is 1.00 bits per heavy atom. The first kappa shape index (κ1) is 13.8. The van der Waals surface area contributed by atoms with Gasteiger partial charge in [0.1, 0.15) is 0 Å². The molecule has 1 saturated carbocycles. The minimum atomic E-state index is -0.110. The van der Waals surface area contributed by atoms with Crippen molar-refractivity contribution in [3.8, 4) is 0 Å². The third-order valence-corrected chi connectivity index (χ3v) is 6.00. The molecule has 2 heterocycles. The fraction of sp³-hybridized carbons (Fsp3) is 1.00. The molecule has 3 fully saturated rings. The Bertz CT molecular complexity index is 310. The molecule has 0 radical (unpaired) electrons. The summed E-state index contributed by atoms with van der Waals surface area (Å²) in [6.07, 6.45) is 6.19. The van der Waals surface area contributed by atoms with Crippen molar-refractivity contribution in [2.24, 2.45) is 11.8 Å². The Balaban J connectivity index is 1.71. The predicted octanol–water partition coefficient (Wildman–Crippen LogP) is 1.95. The second kappa shape index (κ2) is 5.34. The molecule has 2 aliphatic heterocycles. The lowest BCUT2D eigenvalue weighted by molar-refractivity contribution is -0.0270. The lowest BCUT2D eigenvalue weighted by Gasteiger charge is -2.44. The van der Waals surface area contributed by atoms with Crippen molar-refractivity contribution in [2.75, 3.05) is 20.1 Å². The highest BCUT2D eigenvalue weighted by Crippen LogP contribution is 2.36. The molecule has 6 unspecified atom stereocenters. The summed E-state index contributed by atoms with van der Waals surface area (Å²) in [7, 11) is 2.30. The number of likely N-dealkylation sites (N-methyl/N-ethyl adjacent to an activating group) is 1. The van der Waals surface area contributed by atoms with E-state index in [1.54, 1.807) is 0 Å². The molecule has 3 rings (SSSR count). The van der Waals surface area contributed by atoms with Gasteiger partial charge < -0.3 is 5.11 Å². The number of fused-ring (bicyclic) bond motifs is 2. The molecule has 0 amide bonds. The highest BCUT2D eigenvalue weighted by atomic mass is 16.3. The number of hydrogen-bond donors (Lipinski definition) is 1. The van der Waals surface area contributed by atoms with Crippen molar-refractivity contribution < 1.29 is 5.11 Å². The maximum Gasteiger partial charge on any atom is 0.0700 e. The summed E-state index contributed by atoms with van der Waals surface area (Å²) in [6.45, 7) is 6.99. The molecule has 3 heteroatoms. The number of rotatable bonds is 1. The average molecular weight is 266 g/mol. The predicted molar refractivity (Wildman–Crippen MR) is 78.1 cm³/mol. The van der Waals surface area contributed by atoms with Gasteiger partial charge in [-0.2, -0.15) is 0 Å². The van der Waals surface area contributed by atoms with Crippen LogP contribution in [-0.4, -0.2) is 59.3 Å². The summed E-state index contributed by atoms with van der Waals surface area (Å²) in [4.78, 5) is 5.23. The molecule has 0 aromatic rings. The Hall–Kier alpha value is -0.120. The number of likely N-dealkylation sites (tertiary alicyclic amines) is 1. The van der Waals surface area contributed by atoms with E-state index in [4.69, 9.17) is 0 Å². The zero-order chi connectivity index (χ0) is 13.6. The first-order chi connectivity index (χ1) is 9.06. The van der Waals surface area contributed by atoms with Gasteiger partial charge in [-0.15, -0.1) is 0 Å². The molecular formula is C16H30N2O. The van der Waals surface area contributed by atoms with Crippen molar-refractivity contribution in [2.45, 2.75) is 70.2 Å². The number of aliphatic hydroxyl groups excluding tert-OH is 1. The zero-order valence-corrected chi connectivity index (χ0v) is 12.8. The summed E-state index contributed by atoms with van der Waals surface area (Å²) >= 11 is 0. The van der Waals surface area contributed by atoms with Crippen LogP contribution in [0, 0.1) is 11.8 Å². The average Bonchev–Trinajstić information content (AvgIpc) is 2.55. The molecule has 0 spiro atoms. The summed E-state index contributed by atoms with van der Waals surface area (Å²) < 4.78 is 0. The second-order valence-corrected chi connectivity index (χ2v) is 7.45. The largest absolute Gasteiger partial charge is 0.391 e. The summed E-state index contributed by atoms with van der Waals surface area (Å²) in [5.74, 6) is 1.33. The van der Waals surface area contributed by atoms with Gasteiger partial charge in [-0.1, -0.05) is 13.8 Å². The van der Waals surface area contributed by atoms with E-state index in [-0.39, 0.29) is 6.10 Å². The van der Waals surface area contributed by atoms with Gasteiger partial charge in [0.25, 0.3) is 0 Å². The molecule has 2 bridgehead atoms. The monoisotopic (exact) mass is 266 g/mol. The molecule has 6 atom stereocenters. The summed E-state index contributed by atoms with van der Waals surface area (Å²) in [6, 6.07) is 1.93. The molecule has 1 aliphatic carbocycles. The standard InChI is InChI=1S/C16H30N2O/c1-11-8-12(2)16(15(19)9-11)18-7-6-13-4-5-14(10-18)17(13)3/h11-16,19H,4-10H2,1-3H3. The van der Waals surface area contributed by atoms with Crippen LogP contribution in [0.15, 0.2) is 0 Å². The molecule has 0 aromatic heterocycles. The van der Waals surface area contributed by atoms with Crippen molar-refractivity contribution in [3.05, 3.63) is 0 Å². The molecule has 3 nitrogen and oxygen atoms in total. The van der Waals surface area contributed by atoms with Gasteiger partial charge in [0.05, 0.1) is 6.10 Å². The van der Waals surface area contributed by atoms with Crippen LogP contribution in [-0.2, 0) is 0 Å². The number of aliphatic hydroxyl groups is 1. The van der Waals surface area contributed by atoms with Crippen LogP contribution in [0.25, 0.3) is 0 Å². The van der Waals surface area contributed by atoms with E-state index in [9.17, 15) is 5.11 Å². The highest BCUT2D eigenvalue weighted by molar-refractivity contribution is 4.96. The SMILES string of the molecule is CC1CC(C)C(N2CCC3CCC(C2)N3C)C(O)C1. The van der Waals surface area contributed by atoms with Crippen molar-refractivity contribution in [1.29, 1.82) is 0 Å². The lowest BCUT2D eigenvalue weighted by atomic mass is 9.77. The van der Waals surface area contributed by atoms with Crippen LogP contribution in [0.3, 0.4) is 0 Å². The number of nitrogens with zero attached hydrogens (tertiary/aromatic N) is 2. The molecule has 1 N–H and O–H groups in total. The minimum absolute atomic E-state index is 0.110. The van der Waals surface area contributed by atoms with E-state index < -0.39 is 0 Å². The van der Waals surface area contributed by atoms with E-state index in [1.807, 2.05) is 0 Å². The van der Waals surface area contributed by atoms with Gasteiger partial charge in [0.15, 0.2) is 0 Å². The Labute approximate surface area is 118 Å². The normalized spacial score (nSPS) is 49.3. The molecule has 2 saturated heterocycles. The zero-order valence-electron chi connectivity index (χ0n) is 12.8. The van der Waals surface area contributed by atoms with Gasteiger partial charge in [-0.05, 0) is 51.0 Å². The Morgan fingerprint density at radius 2 is 1.74 bits per heavy atom. The number of hydrogen-bond acceptors (Lipinski definition) is 3. The fourth-order valence-corrected chi connectivity index (χ4v) is 5.01. The van der Waals surface area contributed by atoms with E-state index in [2.05, 4.69) is 30.7 Å². The Morgan fingerprint density at radius 3 is 2.47 bits per heavy atom. The smallest absolute Gasteiger partial charge is 0.0700 e. The molecule has 19 heavy (non-hydrogen) atoms. The van der Waals surface area contributed by atoms with Crippen LogP contribution < -0.4 is 0 Å². The highest BCUT2D eigenvalue weighted by Gasteiger charge is 2.41. The van der Waals surface area contributed by atoms with Crippen LogP contribution in [0.4, 0.5) is 0 Å². The quantitative estimate of drug-likeness (QED) is 0.786. The van der Waals surface area contributed by atoms with Gasteiger partial charge in [-0.3, -0.25) is 9.80 Å². The minimum Gasteiger partial charge on any atom is -0.391 e. The van der Waals surface area contributed by atoms with Gasteiger partial charge in [-0.25, -0.2) is 0 Å². The first-order valence-corrected chi connectivity index (χ1v) is 8.20. The van der Waals surface area contributed by atoms with Crippen molar-refractivity contribution in [1.82, 2.24) is 9.80 Å². The molecular weight excluding hydrogens is 236 g/mol. The maximum atomic E-state index is 10.5. The van der Waals surface area contributed by atoms with Crippen LogP contribution in [0.5, 0.6) is 0 Å². The third-order valence-electron chi connectivity index (χ3n) is 6.00. The van der Waals surface area contributed by atoms with Crippen LogP contribution in [0.1, 0.15) is 46.0 Å². The van der Waals surface area contributed by atoms with Crippen LogP contribution >= 0.6 is 0 Å². The lowest BCUT2D eigenvalue weighted by Crippen LogP contribution is -2.53. The fourth-order valence-electron chi connectivity index (χ4n) is 5.01. The molecule has 110 valence electrons. The van der Waals surface area contributed by atoms with E-state index >= 15 is 0 Å². The molecule has 0 aromatic carbocycles. The van der Waals surface area contributed by atoms with E-state index in [0.29, 0.717) is 17.9 Å². The third kappa shape index (κ3) is 2.57. The van der Waals surface area contributed by atoms with Crippen molar-refractivity contribution in [3.63, 3.8) is 0 Å². The van der Waals surface area contributed by atoms with E-state index in [1.165, 1.54) is 38.8 Å². The first-order valence-electron chi connectivity index (χ1n) is 8.20. The molecule has 3 aliphatic rings. The van der Waals surface area contributed by atoms with Gasteiger partial charge in [0.2, 0.25) is 0 Å². The van der Waals surface area contributed by atoms with Crippen LogP contribution in [0.2, 0.25) is 0 Å². The summed E-state index contributed by atoms with van der Waals surface area (Å²) in [5.41, 5.74) is 0. The Kier molecular flexibility index (Phi) is 3.89. The van der Waals surface area contributed by atoms with E-state index in [0.717, 1.165) is 18.5 Å². The summed E-state index contributed by atoms with van der Waals surface area (Å²) in [5, 5.41) is 10.5. The second-order valence-electron chi connectivity index (χ2n) is 7.45. The van der Waals surface area contributed by atoms with Gasteiger partial charge >= 0.3 is 0 Å². The maximum absolute atomic E-state index is 10.5. The topological polar surface area (TPSA) is 26.7 Å². The van der Waals surface area contributed by atoms with Gasteiger partial charge in [0, 0.05) is 31.2 Å². The van der Waals surface area contributed by atoms with Crippen molar-refractivity contribution >= 4 is 0 Å².